The zero-order valence-corrected chi connectivity index (χ0v) is 14.5. The molecule has 1 rings (SSSR count). The molecule has 0 N–H and O–H groups in total. The zero-order valence-electron chi connectivity index (χ0n) is 14.5. The highest BCUT2D eigenvalue weighted by atomic mass is 16.2. The molecule has 0 saturated carbocycles. The molecule has 0 saturated heterocycles. The van der Waals surface area contributed by atoms with Gasteiger partial charge in [-0.25, -0.2) is 0 Å². The standard InChI is InChI=1S/C17H30N2O/c1-10(2)15-16(11(3)4)19(12(5)6)14(8)13(7)17(20)18(15)9/h10-12H,1-9H3. The van der Waals surface area contributed by atoms with E-state index in [0.717, 1.165) is 17.0 Å². The average Bonchev–Trinajstić information content (AvgIpc) is 2.40. The Morgan fingerprint density at radius 1 is 0.850 bits per heavy atom. The van der Waals surface area contributed by atoms with Gasteiger partial charge in [-0.1, -0.05) is 27.7 Å². The van der Waals surface area contributed by atoms with Crippen molar-refractivity contribution in [2.24, 2.45) is 11.8 Å². The van der Waals surface area contributed by atoms with E-state index in [1.165, 1.54) is 5.70 Å². The molecule has 3 heteroatoms. The van der Waals surface area contributed by atoms with Crippen LogP contribution in [0.15, 0.2) is 22.7 Å². The van der Waals surface area contributed by atoms with Crippen LogP contribution in [0.1, 0.15) is 55.4 Å². The Morgan fingerprint density at radius 2 is 1.30 bits per heavy atom. The molecule has 0 fully saturated rings. The molecule has 1 amide bonds. The number of amides is 1. The van der Waals surface area contributed by atoms with Gasteiger partial charge in [0.2, 0.25) is 0 Å². The summed E-state index contributed by atoms with van der Waals surface area (Å²) in [6.45, 7) is 17.1. The van der Waals surface area contributed by atoms with E-state index in [4.69, 9.17) is 0 Å². The van der Waals surface area contributed by atoms with E-state index in [2.05, 4.69) is 53.4 Å². The molecule has 0 radical (unpaired) electrons. The second kappa shape index (κ2) is 6.02. The van der Waals surface area contributed by atoms with Gasteiger partial charge in [-0.05, 0) is 39.5 Å². The Bertz CT molecular complexity index is 456. The Balaban J connectivity index is 3.69. The van der Waals surface area contributed by atoms with E-state index >= 15 is 0 Å². The van der Waals surface area contributed by atoms with E-state index < -0.39 is 0 Å². The van der Waals surface area contributed by atoms with Crippen LogP contribution in [-0.2, 0) is 4.79 Å². The van der Waals surface area contributed by atoms with Gasteiger partial charge in [0.1, 0.15) is 0 Å². The molecule has 0 aromatic rings. The summed E-state index contributed by atoms with van der Waals surface area (Å²) in [5, 5.41) is 0. The minimum atomic E-state index is 0.118. The molecule has 0 atom stereocenters. The monoisotopic (exact) mass is 278 g/mol. The first kappa shape index (κ1) is 16.8. The Labute approximate surface area is 124 Å². The molecule has 0 aliphatic carbocycles. The maximum absolute atomic E-state index is 12.6. The summed E-state index contributed by atoms with van der Waals surface area (Å²) >= 11 is 0. The van der Waals surface area contributed by atoms with Gasteiger partial charge < -0.3 is 9.80 Å². The molecule has 114 valence electrons. The fourth-order valence-corrected chi connectivity index (χ4v) is 3.09. The quantitative estimate of drug-likeness (QED) is 0.779. The predicted octanol–water partition coefficient (Wildman–Crippen LogP) is 3.99. The first-order valence-corrected chi connectivity index (χ1v) is 7.60. The number of nitrogens with zero attached hydrogens (tertiary/aromatic N) is 2. The van der Waals surface area contributed by atoms with Crippen LogP contribution in [0.5, 0.6) is 0 Å². The van der Waals surface area contributed by atoms with Crippen LogP contribution < -0.4 is 0 Å². The molecule has 1 aliphatic heterocycles. The third-order valence-corrected chi connectivity index (χ3v) is 4.02. The van der Waals surface area contributed by atoms with Crippen molar-refractivity contribution >= 4 is 5.91 Å². The molecule has 20 heavy (non-hydrogen) atoms. The lowest BCUT2D eigenvalue weighted by Gasteiger charge is -2.36. The Kier molecular flexibility index (Phi) is 5.06. The fraction of sp³-hybridized carbons (Fsp3) is 0.706. The highest BCUT2D eigenvalue weighted by molar-refractivity contribution is 5.95. The predicted molar refractivity (Wildman–Crippen MR) is 84.8 cm³/mol. The normalized spacial score (nSPS) is 18.1. The number of hydrogen-bond acceptors (Lipinski definition) is 2. The van der Waals surface area contributed by atoms with Gasteiger partial charge in [-0.15, -0.1) is 0 Å². The van der Waals surface area contributed by atoms with Crippen molar-refractivity contribution in [3.05, 3.63) is 22.7 Å². The highest BCUT2D eigenvalue weighted by Crippen LogP contribution is 2.35. The molecule has 0 spiro atoms. The number of carbonyl (C=O) groups is 1. The van der Waals surface area contributed by atoms with Gasteiger partial charge in [0.05, 0.1) is 0 Å². The first-order chi connectivity index (χ1) is 9.11. The van der Waals surface area contributed by atoms with Gasteiger partial charge in [-0.3, -0.25) is 4.79 Å². The van der Waals surface area contributed by atoms with Crippen LogP contribution >= 0.6 is 0 Å². The maximum atomic E-state index is 12.6. The fourth-order valence-electron chi connectivity index (χ4n) is 3.09. The molecule has 1 aliphatic rings. The molecule has 0 unspecified atom stereocenters. The van der Waals surface area contributed by atoms with Crippen LogP contribution in [0.25, 0.3) is 0 Å². The second-order valence-corrected chi connectivity index (χ2v) is 6.62. The Hall–Kier alpha value is -1.25. The van der Waals surface area contributed by atoms with Crippen molar-refractivity contribution in [3.8, 4) is 0 Å². The van der Waals surface area contributed by atoms with Crippen LogP contribution in [0, 0.1) is 11.8 Å². The number of rotatable bonds is 3. The van der Waals surface area contributed by atoms with Crippen LogP contribution in [0.3, 0.4) is 0 Å². The zero-order chi connectivity index (χ0) is 15.8. The van der Waals surface area contributed by atoms with E-state index in [1.807, 2.05) is 18.9 Å². The smallest absolute Gasteiger partial charge is 0.255 e. The summed E-state index contributed by atoms with van der Waals surface area (Å²) in [5.41, 5.74) is 4.35. The lowest BCUT2D eigenvalue weighted by molar-refractivity contribution is -0.124. The molecule has 0 aromatic heterocycles. The number of likely N-dealkylation sites (N-methyl/N-ethyl adjacent to an activating group) is 1. The molecular formula is C17H30N2O. The minimum absolute atomic E-state index is 0.118. The maximum Gasteiger partial charge on any atom is 0.255 e. The van der Waals surface area contributed by atoms with Crippen molar-refractivity contribution in [2.45, 2.75) is 61.4 Å². The van der Waals surface area contributed by atoms with Gasteiger partial charge in [0.25, 0.3) is 5.91 Å². The first-order valence-electron chi connectivity index (χ1n) is 7.60. The lowest BCUT2D eigenvalue weighted by Crippen LogP contribution is -2.34. The molecule has 1 heterocycles. The van der Waals surface area contributed by atoms with Crippen LogP contribution in [0.2, 0.25) is 0 Å². The summed E-state index contributed by atoms with van der Waals surface area (Å²) < 4.78 is 0. The van der Waals surface area contributed by atoms with E-state index in [1.54, 1.807) is 0 Å². The molecule has 0 aromatic carbocycles. The second-order valence-electron chi connectivity index (χ2n) is 6.62. The van der Waals surface area contributed by atoms with Gasteiger partial charge in [0, 0.05) is 35.8 Å². The van der Waals surface area contributed by atoms with Crippen molar-refractivity contribution in [2.75, 3.05) is 7.05 Å². The van der Waals surface area contributed by atoms with Crippen molar-refractivity contribution in [1.82, 2.24) is 9.80 Å². The molecule has 0 bridgehead atoms. The summed E-state index contributed by atoms with van der Waals surface area (Å²) in [4.78, 5) is 16.8. The highest BCUT2D eigenvalue weighted by Gasteiger charge is 2.32. The van der Waals surface area contributed by atoms with Crippen molar-refractivity contribution < 1.29 is 4.79 Å². The molecule has 3 nitrogen and oxygen atoms in total. The number of carbonyl (C=O) groups excluding carboxylic acids is 1. The van der Waals surface area contributed by atoms with E-state index in [0.29, 0.717) is 17.9 Å². The third-order valence-electron chi connectivity index (χ3n) is 4.02. The summed E-state index contributed by atoms with van der Waals surface area (Å²) in [6.07, 6.45) is 0. The third kappa shape index (κ3) is 2.77. The SMILES string of the molecule is CC1=C(C)N(C(C)C)C(C(C)C)=C(C(C)C)N(C)C1=O. The molecular weight excluding hydrogens is 248 g/mol. The van der Waals surface area contributed by atoms with Gasteiger partial charge in [0.15, 0.2) is 0 Å². The lowest BCUT2D eigenvalue weighted by atomic mass is 9.98. The average molecular weight is 278 g/mol. The van der Waals surface area contributed by atoms with Crippen LogP contribution in [0.4, 0.5) is 0 Å². The Morgan fingerprint density at radius 3 is 1.65 bits per heavy atom. The summed E-state index contributed by atoms with van der Waals surface area (Å²) in [7, 11) is 1.90. The van der Waals surface area contributed by atoms with Crippen molar-refractivity contribution in [3.63, 3.8) is 0 Å². The van der Waals surface area contributed by atoms with E-state index in [9.17, 15) is 4.79 Å². The summed E-state index contributed by atoms with van der Waals surface area (Å²) in [5.74, 6) is 0.819. The van der Waals surface area contributed by atoms with Crippen LogP contribution in [-0.4, -0.2) is 28.8 Å². The van der Waals surface area contributed by atoms with E-state index in [-0.39, 0.29) is 5.91 Å². The van der Waals surface area contributed by atoms with Gasteiger partial charge in [-0.2, -0.15) is 0 Å². The topological polar surface area (TPSA) is 23.6 Å². The summed E-state index contributed by atoms with van der Waals surface area (Å²) in [6, 6.07) is 0.343. The minimum Gasteiger partial charge on any atom is -0.344 e. The largest absolute Gasteiger partial charge is 0.344 e. The number of hydrogen-bond donors (Lipinski definition) is 0. The van der Waals surface area contributed by atoms with Gasteiger partial charge >= 0.3 is 0 Å². The van der Waals surface area contributed by atoms with Crippen molar-refractivity contribution in [1.29, 1.82) is 0 Å². The number of allylic oxidation sites excluding steroid dienone is 3.